The van der Waals surface area contributed by atoms with Crippen molar-refractivity contribution >= 4 is 45.0 Å². The van der Waals surface area contributed by atoms with Crippen molar-refractivity contribution in [3.05, 3.63) is 68.3 Å². The molecule has 3 atom stereocenters. The first kappa shape index (κ1) is 26.9. The lowest BCUT2D eigenvalue weighted by Gasteiger charge is -2.37. The molecule has 1 saturated carbocycles. The van der Waals surface area contributed by atoms with E-state index in [4.69, 9.17) is 30.8 Å². The Balaban J connectivity index is 1.60. The van der Waals surface area contributed by atoms with Crippen LogP contribution in [0.5, 0.6) is 11.5 Å². The van der Waals surface area contributed by atoms with E-state index in [9.17, 15) is 9.59 Å². The lowest BCUT2D eigenvalue weighted by molar-refractivity contribution is -0.151. The lowest BCUT2D eigenvalue weighted by atomic mass is 9.69. The van der Waals surface area contributed by atoms with E-state index in [1.165, 1.54) is 0 Å². The number of hydrogen-bond donors (Lipinski definition) is 0. The van der Waals surface area contributed by atoms with E-state index in [1.54, 1.807) is 14.2 Å². The first-order chi connectivity index (χ1) is 18.3. The van der Waals surface area contributed by atoms with Crippen molar-refractivity contribution in [2.24, 2.45) is 10.9 Å². The molecule has 1 aliphatic heterocycles. The minimum atomic E-state index is -0.709. The second-order valence-corrected chi connectivity index (χ2v) is 11.5. The molecule has 6 nitrogen and oxygen atoms in total. The van der Waals surface area contributed by atoms with Crippen LogP contribution in [0.25, 0.3) is 0 Å². The summed E-state index contributed by atoms with van der Waals surface area (Å²) in [7, 11) is 3.15. The first-order valence-corrected chi connectivity index (χ1v) is 14.2. The molecule has 5 rings (SSSR count). The number of halogens is 2. The van der Waals surface area contributed by atoms with Gasteiger partial charge in [-0.05, 0) is 80.3 Å². The summed E-state index contributed by atoms with van der Waals surface area (Å²) in [4.78, 5) is 32.5. The van der Waals surface area contributed by atoms with Gasteiger partial charge in [-0.1, -0.05) is 39.7 Å². The van der Waals surface area contributed by atoms with Crippen molar-refractivity contribution < 1.29 is 23.8 Å². The van der Waals surface area contributed by atoms with Crippen LogP contribution in [0.15, 0.2) is 57.1 Å². The Kier molecular flexibility index (Phi) is 7.96. The van der Waals surface area contributed by atoms with Crippen molar-refractivity contribution in [2.75, 3.05) is 14.2 Å². The zero-order valence-electron chi connectivity index (χ0n) is 21.8. The molecule has 0 N–H and O–H groups in total. The number of benzene rings is 2. The van der Waals surface area contributed by atoms with Crippen molar-refractivity contribution in [1.29, 1.82) is 0 Å². The van der Waals surface area contributed by atoms with Gasteiger partial charge in [-0.25, -0.2) is 0 Å². The van der Waals surface area contributed by atoms with Gasteiger partial charge in [0.25, 0.3) is 0 Å². The Hall–Kier alpha value is -2.64. The average Bonchev–Trinajstić information content (AvgIpc) is 3.41. The molecule has 1 fully saturated rings. The maximum absolute atomic E-state index is 13.9. The van der Waals surface area contributed by atoms with E-state index in [0.29, 0.717) is 40.6 Å². The summed E-state index contributed by atoms with van der Waals surface area (Å²) in [6.45, 7) is 1.86. The summed E-state index contributed by atoms with van der Waals surface area (Å²) < 4.78 is 17.8. The molecule has 2 aliphatic carbocycles. The zero-order valence-corrected chi connectivity index (χ0v) is 24.1. The fourth-order valence-electron chi connectivity index (χ4n) is 6.02. The molecule has 0 saturated heterocycles. The van der Waals surface area contributed by atoms with Crippen LogP contribution in [0.4, 0.5) is 0 Å². The van der Waals surface area contributed by atoms with Crippen molar-refractivity contribution in [1.82, 2.24) is 0 Å². The van der Waals surface area contributed by atoms with Gasteiger partial charge in [0.15, 0.2) is 17.3 Å². The number of carbonyl (C=O) groups excluding carboxylic acids is 2. The van der Waals surface area contributed by atoms with E-state index in [1.807, 2.05) is 43.3 Å². The molecule has 1 heterocycles. The predicted molar refractivity (Wildman–Crippen MR) is 150 cm³/mol. The van der Waals surface area contributed by atoms with Gasteiger partial charge in [-0.15, -0.1) is 0 Å². The highest BCUT2D eigenvalue weighted by atomic mass is 79.9. The molecular weight excluding hydrogens is 570 g/mol. The van der Waals surface area contributed by atoms with E-state index in [-0.39, 0.29) is 23.8 Å². The highest BCUT2D eigenvalue weighted by Gasteiger charge is 2.46. The standard InChI is InChI=1S/C30H31BrClNO5/c1-16-27(30(35)38-20-6-4-5-7-20)28(21-14-25(36-2)26(37-3)15-22(21)31)29-23(33-16)12-18(13-24(29)34)17-8-10-19(32)11-9-17/h8-11,14-15,18,20,27-28H,4-7,12-13H2,1-3H3/t18-,27?,28+/m0/s1. The Morgan fingerprint density at radius 1 is 1.03 bits per heavy atom. The van der Waals surface area contributed by atoms with Gasteiger partial charge < -0.3 is 14.2 Å². The third-order valence-electron chi connectivity index (χ3n) is 7.91. The van der Waals surface area contributed by atoms with Crippen LogP contribution in [-0.2, 0) is 14.3 Å². The molecule has 38 heavy (non-hydrogen) atoms. The largest absolute Gasteiger partial charge is 0.493 e. The molecule has 0 spiro atoms. The highest BCUT2D eigenvalue weighted by Crippen LogP contribution is 2.50. The molecule has 2 aromatic carbocycles. The fraction of sp³-hybridized carbons (Fsp3) is 0.433. The topological polar surface area (TPSA) is 74.2 Å². The van der Waals surface area contributed by atoms with Crippen LogP contribution in [0, 0.1) is 5.92 Å². The second-order valence-electron chi connectivity index (χ2n) is 10.2. The summed E-state index contributed by atoms with van der Waals surface area (Å²) in [5.74, 6) is -0.521. The SMILES string of the molecule is COc1cc(Br)c([C@H]2C3=C(C[C@H](c4ccc(Cl)cc4)CC3=O)N=C(C)C2C(=O)OC2CCCC2)cc1OC. The number of ketones is 1. The molecule has 1 unspecified atom stereocenters. The minimum Gasteiger partial charge on any atom is -0.493 e. The average molecular weight is 601 g/mol. The molecule has 0 bridgehead atoms. The van der Waals surface area contributed by atoms with Crippen molar-refractivity contribution in [2.45, 2.75) is 63.4 Å². The van der Waals surface area contributed by atoms with E-state index < -0.39 is 11.8 Å². The summed E-state index contributed by atoms with van der Waals surface area (Å²) in [5.41, 5.74) is 3.80. The van der Waals surface area contributed by atoms with Crippen LogP contribution >= 0.6 is 27.5 Å². The number of hydrogen-bond acceptors (Lipinski definition) is 6. The highest BCUT2D eigenvalue weighted by molar-refractivity contribution is 9.10. The summed E-state index contributed by atoms with van der Waals surface area (Å²) in [6.07, 6.45) is 4.70. The lowest BCUT2D eigenvalue weighted by Crippen LogP contribution is -2.39. The molecule has 3 aliphatic rings. The Morgan fingerprint density at radius 3 is 2.34 bits per heavy atom. The number of esters is 1. The van der Waals surface area contributed by atoms with Crippen LogP contribution in [0.2, 0.25) is 5.02 Å². The van der Waals surface area contributed by atoms with Gasteiger partial charge in [0.2, 0.25) is 0 Å². The number of ether oxygens (including phenoxy) is 3. The van der Waals surface area contributed by atoms with Crippen LogP contribution in [0.3, 0.4) is 0 Å². The Bertz CT molecular complexity index is 1310. The first-order valence-electron chi connectivity index (χ1n) is 13.0. The summed E-state index contributed by atoms with van der Waals surface area (Å²) in [6, 6.07) is 11.3. The third kappa shape index (κ3) is 5.15. The van der Waals surface area contributed by atoms with E-state index in [0.717, 1.165) is 47.0 Å². The maximum Gasteiger partial charge on any atom is 0.315 e. The van der Waals surface area contributed by atoms with Gasteiger partial charge in [-0.2, -0.15) is 0 Å². The fourth-order valence-corrected chi connectivity index (χ4v) is 6.72. The maximum atomic E-state index is 13.9. The van der Waals surface area contributed by atoms with Gasteiger partial charge in [-0.3, -0.25) is 14.6 Å². The summed E-state index contributed by atoms with van der Waals surface area (Å²) in [5, 5.41) is 0.657. The van der Waals surface area contributed by atoms with Gasteiger partial charge in [0, 0.05) is 38.8 Å². The molecule has 2 aromatic rings. The molecule has 0 amide bonds. The smallest absolute Gasteiger partial charge is 0.315 e. The summed E-state index contributed by atoms with van der Waals surface area (Å²) >= 11 is 9.79. The quantitative estimate of drug-likeness (QED) is 0.328. The number of carbonyl (C=O) groups is 2. The number of nitrogens with zero attached hydrogens (tertiary/aromatic N) is 1. The number of allylic oxidation sites excluding steroid dienone is 2. The van der Waals surface area contributed by atoms with Gasteiger partial charge in [0.1, 0.15) is 12.0 Å². The second kappa shape index (κ2) is 11.2. The monoisotopic (exact) mass is 599 g/mol. The molecule has 200 valence electrons. The van der Waals surface area contributed by atoms with Crippen LogP contribution in [-0.4, -0.2) is 37.8 Å². The van der Waals surface area contributed by atoms with Crippen LogP contribution < -0.4 is 9.47 Å². The van der Waals surface area contributed by atoms with Gasteiger partial charge in [0.05, 0.1) is 14.2 Å². The predicted octanol–water partition coefficient (Wildman–Crippen LogP) is 7.18. The molecule has 0 aromatic heterocycles. The number of methoxy groups -OCH3 is 2. The van der Waals surface area contributed by atoms with Crippen molar-refractivity contribution in [3.8, 4) is 11.5 Å². The number of Topliss-reactive ketones (excluding diaryl/α,β-unsaturated/α-hetero) is 1. The molecular formula is C30H31BrClNO5. The van der Waals surface area contributed by atoms with Gasteiger partial charge >= 0.3 is 5.97 Å². The number of rotatable bonds is 6. The van der Waals surface area contributed by atoms with E-state index in [2.05, 4.69) is 15.9 Å². The number of aliphatic imine (C=N–C) groups is 1. The van der Waals surface area contributed by atoms with E-state index >= 15 is 0 Å². The third-order valence-corrected chi connectivity index (χ3v) is 8.85. The molecule has 8 heteroatoms. The Morgan fingerprint density at radius 2 is 1.68 bits per heavy atom. The normalized spacial score (nSPS) is 23.7. The molecule has 0 radical (unpaired) electrons. The van der Waals surface area contributed by atoms with Crippen LogP contribution in [0.1, 0.15) is 68.4 Å². The van der Waals surface area contributed by atoms with Crippen molar-refractivity contribution in [3.63, 3.8) is 0 Å². The minimum absolute atomic E-state index is 0.00667. The zero-order chi connectivity index (χ0) is 27.0. The Labute approximate surface area is 236 Å².